The molecule has 1 aliphatic heterocycles. The van der Waals surface area contributed by atoms with E-state index in [1.165, 1.54) is 11.1 Å². The molecular weight excluding hydrogens is 300 g/mol. The standard InChI is InChI=1S/C19H22N4O/c20-10-15-7-8-21-12-19(15)22-11-16-4-1-2-5-17(16)13-23-9-3-6-18(23)14-24/h1-2,4-5,7-8,12,18,22,24H,3,6,9,11,13-14H2/t18-/m1/s1. The zero-order valence-electron chi connectivity index (χ0n) is 13.7. The van der Waals surface area contributed by atoms with E-state index in [2.05, 4.69) is 33.4 Å². The summed E-state index contributed by atoms with van der Waals surface area (Å²) in [7, 11) is 0. The highest BCUT2D eigenvalue weighted by Gasteiger charge is 2.24. The van der Waals surface area contributed by atoms with Crippen molar-refractivity contribution in [2.75, 3.05) is 18.5 Å². The normalized spacial score (nSPS) is 17.6. The summed E-state index contributed by atoms with van der Waals surface area (Å²) in [4.78, 5) is 6.43. The number of rotatable bonds is 6. The van der Waals surface area contributed by atoms with E-state index in [1.807, 2.05) is 12.1 Å². The minimum atomic E-state index is 0.224. The van der Waals surface area contributed by atoms with Gasteiger partial charge in [0.2, 0.25) is 0 Å². The van der Waals surface area contributed by atoms with Gasteiger partial charge >= 0.3 is 0 Å². The third-order valence-corrected chi connectivity index (χ3v) is 4.61. The predicted octanol–water partition coefficient (Wildman–Crippen LogP) is 2.52. The summed E-state index contributed by atoms with van der Waals surface area (Å²) in [5.41, 5.74) is 3.81. The molecule has 2 N–H and O–H groups in total. The van der Waals surface area contributed by atoms with E-state index in [0.29, 0.717) is 12.1 Å². The Bertz CT molecular complexity index is 725. The molecule has 124 valence electrons. The molecule has 1 aromatic heterocycles. The van der Waals surface area contributed by atoms with Crippen LogP contribution >= 0.6 is 0 Å². The molecule has 0 radical (unpaired) electrons. The van der Waals surface area contributed by atoms with Crippen molar-refractivity contribution in [3.8, 4) is 6.07 Å². The van der Waals surface area contributed by atoms with Crippen LogP contribution in [0.5, 0.6) is 0 Å². The Kier molecular flexibility index (Phi) is 5.42. The number of aliphatic hydroxyl groups excluding tert-OH is 1. The Morgan fingerprint density at radius 3 is 2.92 bits per heavy atom. The lowest BCUT2D eigenvalue weighted by Crippen LogP contribution is -2.32. The van der Waals surface area contributed by atoms with Gasteiger partial charge in [-0.3, -0.25) is 9.88 Å². The molecule has 1 atom stereocenters. The van der Waals surface area contributed by atoms with Gasteiger partial charge in [-0.25, -0.2) is 0 Å². The molecule has 1 aliphatic rings. The fourth-order valence-corrected chi connectivity index (χ4v) is 3.24. The number of hydrogen-bond acceptors (Lipinski definition) is 5. The molecule has 24 heavy (non-hydrogen) atoms. The topological polar surface area (TPSA) is 72.2 Å². The van der Waals surface area contributed by atoms with Crippen LogP contribution in [0.1, 0.15) is 29.5 Å². The van der Waals surface area contributed by atoms with Gasteiger partial charge in [0.1, 0.15) is 6.07 Å². The lowest BCUT2D eigenvalue weighted by atomic mass is 10.1. The molecule has 0 saturated carbocycles. The van der Waals surface area contributed by atoms with Crippen molar-refractivity contribution in [1.82, 2.24) is 9.88 Å². The minimum Gasteiger partial charge on any atom is -0.395 e. The van der Waals surface area contributed by atoms with Gasteiger partial charge in [-0.05, 0) is 36.6 Å². The molecule has 3 rings (SSSR count). The summed E-state index contributed by atoms with van der Waals surface area (Å²) >= 11 is 0. The third-order valence-electron chi connectivity index (χ3n) is 4.61. The first-order chi connectivity index (χ1) is 11.8. The van der Waals surface area contributed by atoms with Crippen LogP contribution in [0.15, 0.2) is 42.7 Å². The summed E-state index contributed by atoms with van der Waals surface area (Å²) in [6, 6.07) is 12.5. The van der Waals surface area contributed by atoms with Gasteiger partial charge in [-0.1, -0.05) is 24.3 Å². The summed E-state index contributed by atoms with van der Waals surface area (Å²) in [5, 5.41) is 22.0. The van der Waals surface area contributed by atoms with Gasteiger partial charge in [0.25, 0.3) is 0 Å². The number of benzene rings is 1. The molecule has 5 heteroatoms. The van der Waals surface area contributed by atoms with Crippen molar-refractivity contribution in [2.24, 2.45) is 0 Å². The van der Waals surface area contributed by atoms with Crippen LogP contribution in [0.4, 0.5) is 5.69 Å². The number of nitrogens with one attached hydrogen (secondary N) is 1. The lowest BCUT2D eigenvalue weighted by Gasteiger charge is -2.24. The average molecular weight is 322 g/mol. The molecule has 1 aromatic carbocycles. The fourth-order valence-electron chi connectivity index (χ4n) is 3.24. The molecule has 0 unspecified atom stereocenters. The number of anilines is 1. The van der Waals surface area contributed by atoms with Crippen molar-refractivity contribution < 1.29 is 5.11 Å². The number of aliphatic hydroxyl groups is 1. The van der Waals surface area contributed by atoms with Gasteiger partial charge in [0, 0.05) is 25.3 Å². The molecule has 1 saturated heterocycles. The maximum Gasteiger partial charge on any atom is 0.101 e. The summed E-state index contributed by atoms with van der Waals surface area (Å²) < 4.78 is 0. The first kappa shape index (κ1) is 16.4. The average Bonchev–Trinajstić information content (AvgIpc) is 3.08. The maximum atomic E-state index is 9.50. The second-order valence-electron chi connectivity index (χ2n) is 6.10. The number of nitriles is 1. The van der Waals surface area contributed by atoms with Crippen molar-refractivity contribution in [3.05, 3.63) is 59.4 Å². The van der Waals surface area contributed by atoms with Crippen LogP contribution in [0.2, 0.25) is 0 Å². The van der Waals surface area contributed by atoms with Crippen molar-refractivity contribution in [1.29, 1.82) is 5.26 Å². The van der Waals surface area contributed by atoms with Crippen molar-refractivity contribution in [2.45, 2.75) is 32.0 Å². The molecule has 2 heterocycles. The van der Waals surface area contributed by atoms with Crippen LogP contribution in [-0.2, 0) is 13.1 Å². The van der Waals surface area contributed by atoms with Gasteiger partial charge in [0.15, 0.2) is 0 Å². The molecule has 1 fully saturated rings. The molecule has 0 amide bonds. The van der Waals surface area contributed by atoms with Gasteiger partial charge in [-0.2, -0.15) is 5.26 Å². The lowest BCUT2D eigenvalue weighted by molar-refractivity contribution is 0.153. The third kappa shape index (κ3) is 3.73. The number of likely N-dealkylation sites (tertiary alicyclic amines) is 1. The highest BCUT2D eigenvalue weighted by atomic mass is 16.3. The molecular formula is C19H22N4O. The second-order valence-corrected chi connectivity index (χ2v) is 6.10. The zero-order chi connectivity index (χ0) is 16.8. The Hall–Kier alpha value is -2.42. The van der Waals surface area contributed by atoms with Crippen molar-refractivity contribution >= 4 is 5.69 Å². The quantitative estimate of drug-likeness (QED) is 0.855. The van der Waals surface area contributed by atoms with E-state index in [1.54, 1.807) is 18.5 Å². The number of hydrogen-bond donors (Lipinski definition) is 2. The number of aromatic nitrogens is 1. The van der Waals surface area contributed by atoms with E-state index < -0.39 is 0 Å². The van der Waals surface area contributed by atoms with Crippen LogP contribution < -0.4 is 5.32 Å². The van der Waals surface area contributed by atoms with E-state index in [-0.39, 0.29) is 12.6 Å². The van der Waals surface area contributed by atoms with Gasteiger partial charge < -0.3 is 10.4 Å². The number of nitrogens with zero attached hydrogens (tertiary/aromatic N) is 3. The molecule has 0 spiro atoms. The molecule has 2 aromatic rings. The Morgan fingerprint density at radius 1 is 1.29 bits per heavy atom. The van der Waals surface area contributed by atoms with Crippen LogP contribution in [0.3, 0.4) is 0 Å². The van der Waals surface area contributed by atoms with E-state index in [0.717, 1.165) is 31.6 Å². The van der Waals surface area contributed by atoms with Gasteiger partial charge in [-0.15, -0.1) is 0 Å². The van der Waals surface area contributed by atoms with Crippen LogP contribution in [0.25, 0.3) is 0 Å². The Labute approximate surface area is 142 Å². The van der Waals surface area contributed by atoms with E-state index in [4.69, 9.17) is 5.26 Å². The monoisotopic (exact) mass is 322 g/mol. The zero-order valence-corrected chi connectivity index (χ0v) is 13.7. The van der Waals surface area contributed by atoms with Crippen LogP contribution in [0, 0.1) is 11.3 Å². The maximum absolute atomic E-state index is 9.50. The first-order valence-corrected chi connectivity index (χ1v) is 8.31. The largest absolute Gasteiger partial charge is 0.395 e. The molecule has 0 aliphatic carbocycles. The van der Waals surface area contributed by atoms with Crippen molar-refractivity contribution in [3.63, 3.8) is 0 Å². The summed E-state index contributed by atoms with van der Waals surface area (Å²) in [6.45, 7) is 2.76. The summed E-state index contributed by atoms with van der Waals surface area (Å²) in [6.07, 6.45) is 5.52. The van der Waals surface area contributed by atoms with E-state index >= 15 is 0 Å². The Morgan fingerprint density at radius 2 is 2.12 bits per heavy atom. The SMILES string of the molecule is N#Cc1ccncc1NCc1ccccc1CN1CCC[C@@H]1CO. The number of pyridine rings is 1. The smallest absolute Gasteiger partial charge is 0.101 e. The van der Waals surface area contributed by atoms with Gasteiger partial charge in [0.05, 0.1) is 24.1 Å². The second kappa shape index (κ2) is 7.91. The molecule has 0 bridgehead atoms. The summed E-state index contributed by atoms with van der Waals surface area (Å²) in [5.74, 6) is 0. The highest BCUT2D eigenvalue weighted by molar-refractivity contribution is 5.55. The minimum absolute atomic E-state index is 0.224. The first-order valence-electron chi connectivity index (χ1n) is 8.31. The molecule has 5 nitrogen and oxygen atoms in total. The Balaban J connectivity index is 1.71. The van der Waals surface area contributed by atoms with Crippen LogP contribution in [-0.4, -0.2) is 34.2 Å². The highest BCUT2D eigenvalue weighted by Crippen LogP contribution is 2.22. The predicted molar refractivity (Wildman–Crippen MR) is 93.2 cm³/mol. The fraction of sp³-hybridized carbons (Fsp3) is 0.368. The van der Waals surface area contributed by atoms with E-state index in [9.17, 15) is 5.11 Å².